The number of piperazine rings is 1. The maximum atomic E-state index is 15.0. The van der Waals surface area contributed by atoms with Crippen LogP contribution in [0.2, 0.25) is 0 Å². The lowest BCUT2D eigenvalue weighted by Crippen LogP contribution is -2.46. The summed E-state index contributed by atoms with van der Waals surface area (Å²) < 4.78 is 35.0. The number of halogens is 2. The van der Waals surface area contributed by atoms with E-state index in [1.165, 1.54) is 13.2 Å². The van der Waals surface area contributed by atoms with E-state index in [4.69, 9.17) is 4.74 Å². The molecule has 170 valence electrons. The van der Waals surface area contributed by atoms with E-state index in [0.29, 0.717) is 50.5 Å². The Hall–Kier alpha value is -3.34. The van der Waals surface area contributed by atoms with Gasteiger partial charge in [0.05, 0.1) is 6.20 Å². The number of benzene rings is 1. The number of anilines is 2. The Kier molecular flexibility index (Phi) is 6.17. The van der Waals surface area contributed by atoms with Crippen LogP contribution in [0.15, 0.2) is 18.3 Å². The number of carbonyl (C=O) groups is 2. The van der Waals surface area contributed by atoms with Crippen LogP contribution >= 0.6 is 0 Å². The minimum absolute atomic E-state index is 0.0752. The molecule has 2 amide bonds. The number of nitrogens with zero attached hydrogens (tertiary/aromatic N) is 4. The summed E-state index contributed by atoms with van der Waals surface area (Å²) in [5.41, 5.74) is 0.745. The molecule has 2 N–H and O–H groups in total. The van der Waals surface area contributed by atoms with Crippen molar-refractivity contribution >= 4 is 23.2 Å². The summed E-state index contributed by atoms with van der Waals surface area (Å²) in [4.78, 5) is 35.0. The summed E-state index contributed by atoms with van der Waals surface area (Å²) in [6.45, 7) is 4.28. The Labute approximate surface area is 183 Å². The van der Waals surface area contributed by atoms with E-state index in [2.05, 4.69) is 20.6 Å². The maximum Gasteiger partial charge on any atom is 0.288 e. The standard InChI is InChI=1S/C21H24F2N6O3/c1-3-14-20(30)26-17-15(32-14)5-4-12(16(17)22)11-28-6-8-29(9-7-28)13-10-25-19(21(31)24-2)27-18(13)23/h4-5,10,14H,3,6-9,11H2,1-2H3,(H,24,31)(H,26,30). The first-order valence-electron chi connectivity index (χ1n) is 10.4. The lowest BCUT2D eigenvalue weighted by Gasteiger charge is -2.36. The Morgan fingerprint density at radius 3 is 2.69 bits per heavy atom. The zero-order valence-corrected chi connectivity index (χ0v) is 17.8. The van der Waals surface area contributed by atoms with Crippen molar-refractivity contribution in [3.05, 3.63) is 41.5 Å². The third-order valence-corrected chi connectivity index (χ3v) is 5.63. The van der Waals surface area contributed by atoms with Gasteiger partial charge in [-0.15, -0.1) is 0 Å². The van der Waals surface area contributed by atoms with Crippen molar-refractivity contribution in [2.45, 2.75) is 26.0 Å². The number of amides is 2. The largest absolute Gasteiger partial charge is 0.478 e. The molecule has 9 nitrogen and oxygen atoms in total. The number of rotatable bonds is 5. The number of ether oxygens (including phenoxy) is 1. The molecule has 4 rings (SSSR count). The molecule has 1 aromatic heterocycles. The van der Waals surface area contributed by atoms with Crippen LogP contribution in [0.4, 0.5) is 20.2 Å². The van der Waals surface area contributed by atoms with Crippen molar-refractivity contribution in [3.8, 4) is 5.75 Å². The number of hydrogen-bond acceptors (Lipinski definition) is 7. The van der Waals surface area contributed by atoms with Gasteiger partial charge in [-0.25, -0.2) is 9.37 Å². The van der Waals surface area contributed by atoms with E-state index in [1.807, 2.05) is 11.8 Å². The number of carbonyl (C=O) groups excluding carboxylic acids is 2. The van der Waals surface area contributed by atoms with Crippen LogP contribution in [0.3, 0.4) is 0 Å². The fraction of sp³-hybridized carbons (Fsp3) is 0.429. The van der Waals surface area contributed by atoms with Gasteiger partial charge in [-0.2, -0.15) is 9.37 Å². The summed E-state index contributed by atoms with van der Waals surface area (Å²) >= 11 is 0. The lowest BCUT2D eigenvalue weighted by molar-refractivity contribution is -0.123. The molecule has 1 saturated heterocycles. The highest BCUT2D eigenvalue weighted by Gasteiger charge is 2.30. The number of hydrogen-bond donors (Lipinski definition) is 2. The summed E-state index contributed by atoms with van der Waals surface area (Å²) in [7, 11) is 1.42. The quantitative estimate of drug-likeness (QED) is 0.673. The third kappa shape index (κ3) is 4.20. The molecule has 0 spiro atoms. The predicted octanol–water partition coefficient (Wildman–Crippen LogP) is 1.55. The van der Waals surface area contributed by atoms with Gasteiger partial charge in [0.1, 0.15) is 17.1 Å². The first-order chi connectivity index (χ1) is 15.4. The molecule has 0 saturated carbocycles. The van der Waals surface area contributed by atoms with E-state index in [9.17, 15) is 14.0 Å². The van der Waals surface area contributed by atoms with Crippen molar-refractivity contribution in [1.29, 1.82) is 0 Å². The highest BCUT2D eigenvalue weighted by molar-refractivity contribution is 5.98. The van der Waals surface area contributed by atoms with Gasteiger partial charge in [-0.05, 0) is 12.5 Å². The highest BCUT2D eigenvalue weighted by Crippen LogP contribution is 2.35. The monoisotopic (exact) mass is 446 g/mol. The molecule has 1 unspecified atom stereocenters. The summed E-state index contributed by atoms with van der Waals surface area (Å²) in [5.74, 6) is -2.06. The molecule has 1 fully saturated rings. The molecular weight excluding hydrogens is 422 g/mol. The van der Waals surface area contributed by atoms with E-state index >= 15 is 4.39 Å². The number of fused-ring (bicyclic) bond motifs is 1. The van der Waals surface area contributed by atoms with Crippen molar-refractivity contribution in [1.82, 2.24) is 20.2 Å². The van der Waals surface area contributed by atoms with E-state index < -0.39 is 23.8 Å². The summed E-state index contributed by atoms with van der Waals surface area (Å²) in [6, 6.07) is 3.34. The van der Waals surface area contributed by atoms with Gasteiger partial charge < -0.3 is 20.3 Å². The average molecular weight is 446 g/mol. The molecule has 0 bridgehead atoms. The number of aromatic nitrogens is 2. The zero-order chi connectivity index (χ0) is 22.8. The molecule has 1 aromatic carbocycles. The Morgan fingerprint density at radius 2 is 2.03 bits per heavy atom. The molecule has 0 aliphatic carbocycles. The van der Waals surface area contributed by atoms with Crippen LogP contribution in [0.5, 0.6) is 5.75 Å². The Bertz CT molecular complexity index is 1040. The molecular formula is C21H24F2N6O3. The molecule has 11 heteroatoms. The third-order valence-electron chi connectivity index (χ3n) is 5.63. The van der Waals surface area contributed by atoms with Gasteiger partial charge >= 0.3 is 0 Å². The van der Waals surface area contributed by atoms with Crippen LogP contribution < -0.4 is 20.3 Å². The van der Waals surface area contributed by atoms with Gasteiger partial charge in [-0.3, -0.25) is 14.5 Å². The van der Waals surface area contributed by atoms with Crippen molar-refractivity contribution < 1.29 is 23.1 Å². The van der Waals surface area contributed by atoms with Crippen LogP contribution in [-0.4, -0.2) is 66.0 Å². The maximum absolute atomic E-state index is 15.0. The van der Waals surface area contributed by atoms with Crippen molar-refractivity contribution in [2.75, 3.05) is 43.4 Å². The van der Waals surface area contributed by atoms with E-state index in [1.54, 1.807) is 17.0 Å². The van der Waals surface area contributed by atoms with Crippen molar-refractivity contribution in [2.24, 2.45) is 0 Å². The van der Waals surface area contributed by atoms with Gasteiger partial charge in [0.15, 0.2) is 11.9 Å². The van der Waals surface area contributed by atoms with Crippen LogP contribution in [0.25, 0.3) is 0 Å². The Balaban J connectivity index is 1.40. The molecule has 2 aliphatic heterocycles. The second-order valence-electron chi connectivity index (χ2n) is 7.63. The molecule has 2 aromatic rings. The van der Waals surface area contributed by atoms with Gasteiger partial charge in [0.25, 0.3) is 11.8 Å². The van der Waals surface area contributed by atoms with Gasteiger partial charge in [0, 0.05) is 45.3 Å². The van der Waals surface area contributed by atoms with Crippen LogP contribution in [0, 0.1) is 11.8 Å². The average Bonchev–Trinajstić information content (AvgIpc) is 2.81. The SMILES string of the molecule is CCC1Oc2ccc(CN3CCN(c4cnc(C(=O)NC)nc4F)CC3)c(F)c2NC1=O. The predicted molar refractivity (Wildman–Crippen MR) is 113 cm³/mol. The Morgan fingerprint density at radius 1 is 1.28 bits per heavy atom. The van der Waals surface area contributed by atoms with Crippen LogP contribution in [-0.2, 0) is 11.3 Å². The molecule has 2 aliphatic rings. The van der Waals surface area contributed by atoms with Crippen LogP contribution in [0.1, 0.15) is 29.5 Å². The van der Waals surface area contributed by atoms with Crippen molar-refractivity contribution in [3.63, 3.8) is 0 Å². The fourth-order valence-corrected chi connectivity index (χ4v) is 3.79. The van der Waals surface area contributed by atoms with E-state index in [-0.39, 0.29) is 23.1 Å². The molecule has 32 heavy (non-hydrogen) atoms. The minimum atomic E-state index is -0.756. The second kappa shape index (κ2) is 9.03. The highest BCUT2D eigenvalue weighted by atomic mass is 19.1. The normalized spacial score (nSPS) is 18.6. The smallest absolute Gasteiger partial charge is 0.288 e. The molecule has 0 radical (unpaired) electrons. The first kappa shape index (κ1) is 21.9. The summed E-state index contributed by atoms with van der Waals surface area (Å²) in [5, 5.41) is 4.96. The fourth-order valence-electron chi connectivity index (χ4n) is 3.79. The van der Waals surface area contributed by atoms with Gasteiger partial charge in [-0.1, -0.05) is 13.0 Å². The topological polar surface area (TPSA) is 99.7 Å². The van der Waals surface area contributed by atoms with E-state index in [0.717, 1.165) is 0 Å². The summed E-state index contributed by atoms with van der Waals surface area (Å²) in [6.07, 6.45) is 1.19. The molecule has 1 atom stereocenters. The second-order valence-corrected chi connectivity index (χ2v) is 7.63. The van der Waals surface area contributed by atoms with Gasteiger partial charge in [0.2, 0.25) is 11.8 Å². The number of nitrogens with one attached hydrogen (secondary N) is 2. The molecule has 3 heterocycles. The lowest BCUT2D eigenvalue weighted by atomic mass is 10.1. The zero-order valence-electron chi connectivity index (χ0n) is 17.8. The minimum Gasteiger partial charge on any atom is -0.478 e. The first-order valence-corrected chi connectivity index (χ1v) is 10.4.